The Morgan fingerprint density at radius 1 is 0.923 bits per heavy atom. The molecule has 3 rings (SSSR count). The van der Waals surface area contributed by atoms with E-state index in [1.807, 2.05) is 0 Å². The van der Waals surface area contributed by atoms with Gasteiger partial charge >= 0.3 is 12.4 Å². The van der Waals surface area contributed by atoms with Gasteiger partial charge in [0.25, 0.3) is 0 Å². The van der Waals surface area contributed by atoms with Crippen molar-refractivity contribution in [2.75, 3.05) is 0 Å². The molecule has 3 aromatic rings. The van der Waals surface area contributed by atoms with Crippen LogP contribution in [0.25, 0.3) is 10.9 Å². The van der Waals surface area contributed by atoms with Crippen LogP contribution in [0, 0.1) is 0 Å². The zero-order chi connectivity index (χ0) is 19.1. The van der Waals surface area contributed by atoms with E-state index < -0.39 is 23.5 Å². The van der Waals surface area contributed by atoms with Gasteiger partial charge in [0.1, 0.15) is 0 Å². The standard InChI is InChI=1S/C18H11F6NO/c19-17(20,21)13-5-4-11(15(8-13)18(22,23)24)9-25-7-6-14-12(10-26)2-1-3-16(14)25/h1-8,10H,9H2. The Balaban J connectivity index is 2.09. The van der Waals surface area contributed by atoms with E-state index in [0.29, 0.717) is 28.8 Å². The van der Waals surface area contributed by atoms with E-state index in [1.165, 1.54) is 10.8 Å². The number of alkyl halides is 6. The molecule has 0 fully saturated rings. The van der Waals surface area contributed by atoms with Crippen LogP contribution in [0.4, 0.5) is 26.3 Å². The van der Waals surface area contributed by atoms with Gasteiger partial charge in [-0.1, -0.05) is 18.2 Å². The minimum Gasteiger partial charge on any atom is -0.343 e. The van der Waals surface area contributed by atoms with Gasteiger partial charge in [0.05, 0.1) is 11.1 Å². The lowest BCUT2D eigenvalue weighted by atomic mass is 10.0. The van der Waals surface area contributed by atoms with Crippen molar-refractivity contribution in [1.29, 1.82) is 0 Å². The van der Waals surface area contributed by atoms with Gasteiger partial charge in [-0.15, -0.1) is 0 Å². The second-order valence-corrected chi connectivity index (χ2v) is 5.71. The second kappa shape index (κ2) is 6.19. The third-order valence-electron chi connectivity index (χ3n) is 4.06. The lowest BCUT2D eigenvalue weighted by Crippen LogP contribution is -2.15. The van der Waals surface area contributed by atoms with Gasteiger partial charge in [-0.3, -0.25) is 4.79 Å². The summed E-state index contributed by atoms with van der Waals surface area (Å²) in [5.41, 5.74) is -2.08. The molecule has 0 spiro atoms. The second-order valence-electron chi connectivity index (χ2n) is 5.71. The van der Waals surface area contributed by atoms with Gasteiger partial charge in [-0.25, -0.2) is 0 Å². The molecule has 0 aliphatic carbocycles. The summed E-state index contributed by atoms with van der Waals surface area (Å²) in [5.74, 6) is 0. The Morgan fingerprint density at radius 2 is 1.65 bits per heavy atom. The maximum absolute atomic E-state index is 13.3. The molecule has 0 radical (unpaired) electrons. The van der Waals surface area contributed by atoms with Crippen molar-refractivity contribution in [3.8, 4) is 0 Å². The zero-order valence-electron chi connectivity index (χ0n) is 13.0. The van der Waals surface area contributed by atoms with Crippen LogP contribution in [-0.4, -0.2) is 10.9 Å². The minimum atomic E-state index is -4.92. The molecule has 0 atom stereocenters. The maximum Gasteiger partial charge on any atom is 0.416 e. The molecule has 0 aliphatic rings. The summed E-state index contributed by atoms with van der Waals surface area (Å²) in [7, 11) is 0. The van der Waals surface area contributed by atoms with Crippen LogP contribution in [0.15, 0.2) is 48.7 Å². The van der Waals surface area contributed by atoms with E-state index in [9.17, 15) is 31.1 Å². The average molecular weight is 371 g/mol. The van der Waals surface area contributed by atoms with E-state index in [1.54, 1.807) is 24.3 Å². The van der Waals surface area contributed by atoms with Crippen molar-refractivity contribution in [3.05, 3.63) is 70.9 Å². The Morgan fingerprint density at radius 3 is 2.27 bits per heavy atom. The largest absolute Gasteiger partial charge is 0.416 e. The number of benzene rings is 2. The van der Waals surface area contributed by atoms with E-state index in [-0.39, 0.29) is 18.2 Å². The third kappa shape index (κ3) is 3.31. The fraction of sp³-hybridized carbons (Fsp3) is 0.167. The van der Waals surface area contributed by atoms with Crippen LogP contribution in [-0.2, 0) is 18.9 Å². The number of fused-ring (bicyclic) bond motifs is 1. The van der Waals surface area contributed by atoms with Gasteiger partial charge in [-0.2, -0.15) is 26.3 Å². The highest BCUT2D eigenvalue weighted by Crippen LogP contribution is 2.37. The molecule has 2 aromatic carbocycles. The predicted octanol–water partition coefficient (Wildman–Crippen LogP) is 5.54. The number of hydrogen-bond acceptors (Lipinski definition) is 1. The normalized spacial score (nSPS) is 12.5. The van der Waals surface area contributed by atoms with Crippen molar-refractivity contribution in [3.63, 3.8) is 0 Å². The van der Waals surface area contributed by atoms with Crippen LogP contribution in [0.2, 0.25) is 0 Å². The summed E-state index contributed by atoms with van der Waals surface area (Å²) in [6, 6.07) is 7.95. The molecular weight excluding hydrogens is 360 g/mol. The Hall–Kier alpha value is -2.77. The van der Waals surface area contributed by atoms with Gasteiger partial charge in [-0.05, 0) is 29.8 Å². The summed E-state index contributed by atoms with van der Waals surface area (Å²) in [4.78, 5) is 11.0. The SMILES string of the molecule is O=Cc1cccc2c1ccn2Cc1ccc(C(F)(F)F)cc1C(F)(F)F. The number of rotatable bonds is 3. The van der Waals surface area contributed by atoms with Crippen molar-refractivity contribution in [2.24, 2.45) is 0 Å². The Kier molecular flexibility index (Phi) is 4.29. The number of hydrogen-bond donors (Lipinski definition) is 0. The summed E-state index contributed by atoms with van der Waals surface area (Å²) in [5, 5.41) is 0.558. The van der Waals surface area contributed by atoms with E-state index >= 15 is 0 Å². The first kappa shape index (κ1) is 18.0. The van der Waals surface area contributed by atoms with Crippen LogP contribution < -0.4 is 0 Å². The highest BCUT2D eigenvalue weighted by Gasteiger charge is 2.38. The number of aldehydes is 1. The number of aromatic nitrogens is 1. The highest BCUT2D eigenvalue weighted by atomic mass is 19.4. The lowest BCUT2D eigenvalue weighted by Gasteiger charge is -2.17. The molecule has 1 heterocycles. The molecular formula is C18H11F6NO. The van der Waals surface area contributed by atoms with Gasteiger partial charge in [0.2, 0.25) is 0 Å². The van der Waals surface area contributed by atoms with Crippen LogP contribution >= 0.6 is 0 Å². The van der Waals surface area contributed by atoms with Gasteiger partial charge < -0.3 is 4.57 Å². The summed E-state index contributed by atoms with van der Waals surface area (Å²) in [6.07, 6.45) is -7.66. The molecule has 1 aromatic heterocycles. The molecule has 0 bridgehead atoms. The molecule has 0 aliphatic heterocycles. The fourth-order valence-corrected chi connectivity index (χ4v) is 2.83. The van der Waals surface area contributed by atoms with Crippen molar-refractivity contribution in [1.82, 2.24) is 4.57 Å². The average Bonchev–Trinajstić information content (AvgIpc) is 2.96. The first-order valence-electron chi connectivity index (χ1n) is 7.41. The number of nitrogens with zero attached hydrogens (tertiary/aromatic N) is 1. The van der Waals surface area contributed by atoms with E-state index in [4.69, 9.17) is 0 Å². The van der Waals surface area contributed by atoms with E-state index in [2.05, 4.69) is 0 Å². The van der Waals surface area contributed by atoms with E-state index in [0.717, 1.165) is 6.07 Å². The smallest absolute Gasteiger partial charge is 0.343 e. The number of carbonyl (C=O) groups excluding carboxylic acids is 1. The molecule has 0 saturated heterocycles. The Labute approximate surface area is 143 Å². The molecule has 2 nitrogen and oxygen atoms in total. The van der Waals surface area contributed by atoms with Crippen LogP contribution in [0.1, 0.15) is 27.0 Å². The maximum atomic E-state index is 13.3. The molecule has 0 amide bonds. The molecule has 0 saturated carbocycles. The number of halogens is 6. The first-order chi connectivity index (χ1) is 12.1. The quantitative estimate of drug-likeness (QED) is 0.438. The Bertz CT molecular complexity index is 968. The molecule has 136 valence electrons. The van der Waals surface area contributed by atoms with Crippen molar-refractivity contribution >= 4 is 17.2 Å². The lowest BCUT2D eigenvalue weighted by molar-refractivity contribution is -0.143. The van der Waals surface area contributed by atoms with Gasteiger partial charge in [0, 0.05) is 29.2 Å². The van der Waals surface area contributed by atoms with Crippen molar-refractivity contribution < 1.29 is 31.1 Å². The molecule has 0 N–H and O–H groups in total. The minimum absolute atomic E-state index is 0.123. The molecule has 0 unspecified atom stereocenters. The predicted molar refractivity (Wildman–Crippen MR) is 82.9 cm³/mol. The van der Waals surface area contributed by atoms with Crippen LogP contribution in [0.5, 0.6) is 0 Å². The molecule has 26 heavy (non-hydrogen) atoms. The zero-order valence-corrected chi connectivity index (χ0v) is 13.0. The summed E-state index contributed by atoms with van der Waals surface area (Å²) < 4.78 is 79.5. The molecule has 8 heteroatoms. The number of carbonyl (C=O) groups is 1. The topological polar surface area (TPSA) is 22.0 Å². The monoisotopic (exact) mass is 371 g/mol. The first-order valence-corrected chi connectivity index (χ1v) is 7.41. The van der Waals surface area contributed by atoms with Gasteiger partial charge in [0.15, 0.2) is 6.29 Å². The highest BCUT2D eigenvalue weighted by molar-refractivity contribution is 5.97. The van der Waals surface area contributed by atoms with Crippen molar-refractivity contribution in [2.45, 2.75) is 18.9 Å². The fourth-order valence-electron chi connectivity index (χ4n) is 2.83. The van der Waals surface area contributed by atoms with Crippen LogP contribution in [0.3, 0.4) is 0 Å². The summed E-state index contributed by atoms with van der Waals surface area (Å²) >= 11 is 0. The summed E-state index contributed by atoms with van der Waals surface area (Å²) in [6.45, 7) is -0.279. The third-order valence-corrected chi connectivity index (χ3v) is 4.06.